The third kappa shape index (κ3) is 3.82. The van der Waals surface area contributed by atoms with E-state index in [1.807, 2.05) is 18.6 Å². The first-order valence-corrected chi connectivity index (χ1v) is 9.08. The first-order valence-electron chi connectivity index (χ1n) is 9.08. The van der Waals surface area contributed by atoms with E-state index in [1.54, 1.807) is 12.4 Å². The Morgan fingerprint density at radius 1 is 1.28 bits per heavy atom. The summed E-state index contributed by atoms with van der Waals surface area (Å²) in [6.07, 6.45) is 11.6. The molecule has 2 fully saturated rings. The van der Waals surface area contributed by atoms with Crippen molar-refractivity contribution in [3.05, 3.63) is 36.7 Å². The van der Waals surface area contributed by atoms with Gasteiger partial charge >= 0.3 is 0 Å². The van der Waals surface area contributed by atoms with E-state index in [0.717, 1.165) is 57.9 Å². The molecule has 2 aromatic rings. The first-order chi connectivity index (χ1) is 12.2. The summed E-state index contributed by atoms with van der Waals surface area (Å²) in [5.41, 5.74) is 1.27. The minimum atomic E-state index is 0.00759. The van der Waals surface area contributed by atoms with E-state index in [1.165, 1.54) is 5.69 Å². The minimum Gasteiger partial charge on any atom is -0.375 e. The third-order valence-electron chi connectivity index (χ3n) is 5.46. The molecule has 0 amide bonds. The van der Waals surface area contributed by atoms with Crippen LogP contribution in [0.3, 0.4) is 0 Å². The van der Waals surface area contributed by atoms with Gasteiger partial charge in [-0.05, 0) is 31.7 Å². The topological polar surface area (TPSA) is 68.1 Å². The summed E-state index contributed by atoms with van der Waals surface area (Å²) in [7, 11) is 2.06. The summed E-state index contributed by atoms with van der Waals surface area (Å²) in [6.45, 7) is 3.91. The average molecular weight is 342 g/mol. The molecule has 0 bridgehead atoms. The van der Waals surface area contributed by atoms with Crippen LogP contribution in [0.2, 0.25) is 0 Å². The zero-order valence-corrected chi connectivity index (χ0v) is 14.8. The highest BCUT2D eigenvalue weighted by Crippen LogP contribution is 2.36. The number of likely N-dealkylation sites (tertiary alicyclic amines) is 1. The van der Waals surface area contributed by atoms with Crippen molar-refractivity contribution in [1.82, 2.24) is 24.4 Å². The second-order valence-electron chi connectivity index (χ2n) is 7.21. The fourth-order valence-corrected chi connectivity index (χ4v) is 3.94. The predicted molar refractivity (Wildman–Crippen MR) is 95.1 cm³/mol. The molecule has 0 unspecified atom stereocenters. The lowest BCUT2D eigenvalue weighted by atomic mass is 9.82. The number of rotatable bonds is 4. The normalized spacial score (nSPS) is 23.6. The van der Waals surface area contributed by atoms with Gasteiger partial charge in [0.2, 0.25) is 5.95 Å². The maximum atomic E-state index is 6.26. The molecule has 134 valence electrons. The van der Waals surface area contributed by atoms with Gasteiger partial charge in [-0.15, -0.1) is 0 Å². The molecule has 2 aromatic heterocycles. The van der Waals surface area contributed by atoms with E-state index in [-0.39, 0.29) is 5.60 Å². The zero-order chi connectivity index (χ0) is 17.1. The predicted octanol–water partition coefficient (Wildman–Crippen LogP) is 1.84. The van der Waals surface area contributed by atoms with Crippen LogP contribution in [-0.2, 0) is 18.3 Å². The Bertz CT molecular complexity index is 680. The molecular weight excluding hydrogens is 316 g/mol. The van der Waals surface area contributed by atoms with Gasteiger partial charge in [-0.3, -0.25) is 4.90 Å². The van der Waals surface area contributed by atoms with Gasteiger partial charge < -0.3 is 14.6 Å². The van der Waals surface area contributed by atoms with Crippen LogP contribution in [0.1, 0.15) is 31.4 Å². The van der Waals surface area contributed by atoms with Gasteiger partial charge in [0.25, 0.3) is 0 Å². The van der Waals surface area contributed by atoms with Crippen LogP contribution in [0.4, 0.5) is 5.95 Å². The molecule has 25 heavy (non-hydrogen) atoms. The van der Waals surface area contributed by atoms with Crippen LogP contribution in [0.15, 0.2) is 31.0 Å². The van der Waals surface area contributed by atoms with Gasteiger partial charge in [-0.1, -0.05) is 0 Å². The monoisotopic (exact) mass is 342 g/mol. The Morgan fingerprint density at radius 2 is 2.08 bits per heavy atom. The summed E-state index contributed by atoms with van der Waals surface area (Å²) in [5, 5.41) is 3.48. The van der Waals surface area contributed by atoms with Gasteiger partial charge in [-0.25, -0.2) is 15.0 Å². The standard InChI is InChI=1S/C18H26N6O/c1-23-14-19-12-16(23)13-24-8-4-18(5-9-24)11-15(3-10-25-18)22-17-20-6-2-7-21-17/h2,6-7,12,14-15H,3-5,8-11,13H2,1H3,(H,20,21,22)/t15-/m0/s1. The van der Waals surface area contributed by atoms with E-state index in [9.17, 15) is 0 Å². The lowest BCUT2D eigenvalue weighted by molar-refractivity contribution is -0.115. The first kappa shape index (κ1) is 16.5. The van der Waals surface area contributed by atoms with Crippen molar-refractivity contribution >= 4 is 5.95 Å². The third-order valence-corrected chi connectivity index (χ3v) is 5.46. The van der Waals surface area contributed by atoms with Crippen molar-refractivity contribution in [2.75, 3.05) is 25.0 Å². The highest BCUT2D eigenvalue weighted by Gasteiger charge is 2.40. The van der Waals surface area contributed by atoms with E-state index in [0.29, 0.717) is 6.04 Å². The molecule has 4 heterocycles. The molecule has 1 N–H and O–H groups in total. The number of aryl methyl sites for hydroxylation is 1. The number of aromatic nitrogens is 4. The molecule has 0 saturated carbocycles. The molecule has 2 aliphatic heterocycles. The maximum absolute atomic E-state index is 6.26. The van der Waals surface area contributed by atoms with Gasteiger partial charge in [0, 0.05) is 57.9 Å². The molecule has 4 rings (SSSR count). The van der Waals surface area contributed by atoms with Crippen LogP contribution in [-0.4, -0.2) is 55.8 Å². The number of hydrogen-bond donors (Lipinski definition) is 1. The lowest BCUT2D eigenvalue weighted by Crippen LogP contribution is -2.51. The molecule has 2 saturated heterocycles. The van der Waals surface area contributed by atoms with Crippen molar-refractivity contribution < 1.29 is 4.74 Å². The highest BCUT2D eigenvalue weighted by molar-refractivity contribution is 5.25. The molecular formula is C18H26N6O. The number of imidazole rings is 1. The van der Waals surface area contributed by atoms with Gasteiger partial charge in [-0.2, -0.15) is 0 Å². The Kier molecular flexibility index (Phi) is 4.67. The number of nitrogens with zero attached hydrogens (tertiary/aromatic N) is 5. The fourth-order valence-electron chi connectivity index (χ4n) is 3.94. The number of anilines is 1. The van der Waals surface area contributed by atoms with Crippen LogP contribution >= 0.6 is 0 Å². The minimum absolute atomic E-state index is 0.00759. The number of hydrogen-bond acceptors (Lipinski definition) is 6. The summed E-state index contributed by atoms with van der Waals surface area (Å²) >= 11 is 0. The molecule has 1 spiro atoms. The van der Waals surface area contributed by atoms with Gasteiger partial charge in [0.15, 0.2) is 0 Å². The number of ether oxygens (including phenoxy) is 1. The molecule has 0 radical (unpaired) electrons. The van der Waals surface area contributed by atoms with Crippen LogP contribution in [0.5, 0.6) is 0 Å². The van der Waals surface area contributed by atoms with Gasteiger partial charge in [0.05, 0.1) is 17.6 Å². The van der Waals surface area contributed by atoms with E-state index >= 15 is 0 Å². The number of nitrogens with one attached hydrogen (secondary N) is 1. The second kappa shape index (κ2) is 7.09. The molecule has 0 aromatic carbocycles. The maximum Gasteiger partial charge on any atom is 0.222 e. The smallest absolute Gasteiger partial charge is 0.222 e. The van der Waals surface area contributed by atoms with Crippen molar-refractivity contribution in [3.8, 4) is 0 Å². The second-order valence-corrected chi connectivity index (χ2v) is 7.21. The Labute approximate surface area is 148 Å². The van der Waals surface area contributed by atoms with Crippen LogP contribution < -0.4 is 5.32 Å². The highest BCUT2D eigenvalue weighted by atomic mass is 16.5. The van der Waals surface area contributed by atoms with E-state index in [4.69, 9.17) is 4.74 Å². The Morgan fingerprint density at radius 3 is 2.80 bits per heavy atom. The van der Waals surface area contributed by atoms with Crippen molar-refractivity contribution in [2.45, 2.75) is 43.9 Å². The average Bonchev–Trinajstić information content (AvgIpc) is 3.03. The lowest BCUT2D eigenvalue weighted by Gasteiger charge is -2.46. The molecule has 7 heteroatoms. The van der Waals surface area contributed by atoms with Gasteiger partial charge in [0.1, 0.15) is 0 Å². The number of piperidine rings is 1. The van der Waals surface area contributed by atoms with E-state index < -0.39 is 0 Å². The molecule has 2 aliphatic rings. The zero-order valence-electron chi connectivity index (χ0n) is 14.8. The van der Waals surface area contributed by atoms with Crippen molar-refractivity contribution in [1.29, 1.82) is 0 Å². The quantitative estimate of drug-likeness (QED) is 0.914. The SMILES string of the molecule is Cn1cncc1CN1CCC2(CC1)C[C@@H](Nc1ncccn1)CCO2. The summed E-state index contributed by atoms with van der Waals surface area (Å²) in [5.74, 6) is 0.721. The molecule has 1 atom stereocenters. The largest absolute Gasteiger partial charge is 0.375 e. The van der Waals surface area contributed by atoms with E-state index in [2.05, 4.69) is 36.8 Å². The van der Waals surface area contributed by atoms with Crippen LogP contribution in [0.25, 0.3) is 0 Å². The molecule has 7 nitrogen and oxygen atoms in total. The van der Waals surface area contributed by atoms with Crippen LogP contribution in [0, 0.1) is 0 Å². The summed E-state index contributed by atoms with van der Waals surface area (Å²) in [6, 6.07) is 2.23. The summed E-state index contributed by atoms with van der Waals surface area (Å²) < 4.78 is 8.36. The summed E-state index contributed by atoms with van der Waals surface area (Å²) in [4.78, 5) is 15.3. The van der Waals surface area contributed by atoms with Crippen molar-refractivity contribution in [3.63, 3.8) is 0 Å². The fraction of sp³-hybridized carbons (Fsp3) is 0.611. The Balaban J connectivity index is 1.33. The Hall–Kier alpha value is -1.99. The molecule has 0 aliphatic carbocycles. The van der Waals surface area contributed by atoms with Crippen molar-refractivity contribution in [2.24, 2.45) is 7.05 Å².